The van der Waals surface area contributed by atoms with Gasteiger partial charge in [0.05, 0.1) is 0 Å². The lowest BCUT2D eigenvalue weighted by atomic mass is 10.1. The fourth-order valence-corrected chi connectivity index (χ4v) is 2.71. The molecule has 1 aromatic heterocycles. The summed E-state index contributed by atoms with van der Waals surface area (Å²) in [5.41, 5.74) is 1.38. The predicted octanol–water partition coefficient (Wildman–Crippen LogP) is 4.33. The van der Waals surface area contributed by atoms with Gasteiger partial charge in [0, 0.05) is 32.6 Å². The van der Waals surface area contributed by atoms with Gasteiger partial charge in [0.2, 0.25) is 0 Å². The van der Waals surface area contributed by atoms with E-state index in [2.05, 4.69) is 54.5 Å². The third kappa shape index (κ3) is 7.85. The van der Waals surface area contributed by atoms with Crippen LogP contribution in [0.1, 0.15) is 38.2 Å². The standard InChI is InChI=1S/C16H27N3S.HI/c1-5-7-8-10-19(4)16(17-6-2)18-12-14(3)15-9-11-20-13-15;/h5,9,11,13-14H,1,6-8,10,12H2,2-4H3,(H,17,18);1H. The van der Waals surface area contributed by atoms with Crippen molar-refractivity contribution in [3.8, 4) is 0 Å². The van der Waals surface area contributed by atoms with E-state index in [9.17, 15) is 0 Å². The van der Waals surface area contributed by atoms with E-state index in [-0.39, 0.29) is 24.0 Å². The van der Waals surface area contributed by atoms with Crippen molar-refractivity contribution in [1.29, 1.82) is 0 Å². The maximum absolute atomic E-state index is 4.76. The van der Waals surface area contributed by atoms with Gasteiger partial charge in [-0.1, -0.05) is 13.0 Å². The Hall–Kier alpha value is -0.560. The van der Waals surface area contributed by atoms with Crippen molar-refractivity contribution in [3.63, 3.8) is 0 Å². The number of guanidine groups is 1. The highest BCUT2D eigenvalue weighted by atomic mass is 127. The quantitative estimate of drug-likeness (QED) is 0.222. The number of thiophene rings is 1. The van der Waals surface area contributed by atoms with E-state index in [1.165, 1.54) is 5.56 Å². The normalized spacial score (nSPS) is 12.4. The minimum Gasteiger partial charge on any atom is -0.357 e. The van der Waals surface area contributed by atoms with E-state index in [4.69, 9.17) is 4.99 Å². The molecule has 0 fully saturated rings. The smallest absolute Gasteiger partial charge is 0.193 e. The molecule has 0 radical (unpaired) electrons. The third-order valence-corrected chi connectivity index (χ3v) is 3.93. The molecule has 21 heavy (non-hydrogen) atoms. The van der Waals surface area contributed by atoms with Crippen LogP contribution in [-0.2, 0) is 0 Å². The maximum Gasteiger partial charge on any atom is 0.193 e. The number of hydrogen-bond acceptors (Lipinski definition) is 2. The largest absolute Gasteiger partial charge is 0.357 e. The van der Waals surface area contributed by atoms with Crippen molar-refractivity contribution in [2.24, 2.45) is 4.99 Å². The molecule has 0 bridgehead atoms. The van der Waals surface area contributed by atoms with Gasteiger partial charge < -0.3 is 10.2 Å². The number of nitrogens with one attached hydrogen (secondary N) is 1. The SMILES string of the molecule is C=CCCCN(C)C(=NCC(C)c1ccsc1)NCC.I. The van der Waals surface area contributed by atoms with Crippen LogP contribution in [0.2, 0.25) is 0 Å². The monoisotopic (exact) mass is 421 g/mol. The van der Waals surface area contributed by atoms with Crippen molar-refractivity contribution in [2.75, 3.05) is 26.7 Å². The summed E-state index contributed by atoms with van der Waals surface area (Å²) in [7, 11) is 2.10. The van der Waals surface area contributed by atoms with Gasteiger partial charge in [0.25, 0.3) is 0 Å². The van der Waals surface area contributed by atoms with Crippen molar-refractivity contribution in [1.82, 2.24) is 10.2 Å². The van der Waals surface area contributed by atoms with Crippen LogP contribution in [0.3, 0.4) is 0 Å². The molecule has 1 atom stereocenters. The lowest BCUT2D eigenvalue weighted by Crippen LogP contribution is -2.39. The summed E-state index contributed by atoms with van der Waals surface area (Å²) in [6.07, 6.45) is 4.14. The molecule has 0 saturated carbocycles. The average Bonchev–Trinajstić information content (AvgIpc) is 2.97. The molecule has 5 heteroatoms. The molecule has 1 heterocycles. The predicted molar refractivity (Wildman–Crippen MR) is 106 cm³/mol. The Morgan fingerprint density at radius 2 is 2.33 bits per heavy atom. The Labute approximate surface area is 150 Å². The zero-order valence-corrected chi connectivity index (χ0v) is 16.5. The Balaban J connectivity index is 0.00000400. The van der Waals surface area contributed by atoms with E-state index in [1.807, 2.05) is 6.08 Å². The number of halogens is 1. The minimum atomic E-state index is 0. The Morgan fingerprint density at radius 3 is 2.90 bits per heavy atom. The van der Waals surface area contributed by atoms with Gasteiger partial charge >= 0.3 is 0 Å². The number of allylic oxidation sites excluding steroid dienone is 1. The number of hydrogen-bond donors (Lipinski definition) is 1. The first-order chi connectivity index (χ1) is 9.69. The molecule has 120 valence electrons. The summed E-state index contributed by atoms with van der Waals surface area (Å²) in [6.45, 7) is 10.8. The van der Waals surface area contributed by atoms with Crippen LogP contribution < -0.4 is 5.32 Å². The Morgan fingerprint density at radius 1 is 1.57 bits per heavy atom. The van der Waals surface area contributed by atoms with E-state index in [1.54, 1.807) is 11.3 Å². The van der Waals surface area contributed by atoms with Crippen molar-refractivity contribution in [2.45, 2.75) is 32.6 Å². The van der Waals surface area contributed by atoms with Crippen LogP contribution in [0, 0.1) is 0 Å². The van der Waals surface area contributed by atoms with Gasteiger partial charge in [0.15, 0.2) is 5.96 Å². The Kier molecular flexibility index (Phi) is 11.7. The molecule has 1 aromatic rings. The Bertz CT molecular complexity index is 404. The maximum atomic E-state index is 4.76. The molecule has 0 amide bonds. The first-order valence-electron chi connectivity index (χ1n) is 7.31. The number of aliphatic imine (C=N–C) groups is 1. The molecule has 0 aliphatic heterocycles. The summed E-state index contributed by atoms with van der Waals surface area (Å²) in [5.74, 6) is 1.47. The zero-order chi connectivity index (χ0) is 14.8. The van der Waals surface area contributed by atoms with Crippen LogP contribution in [0.4, 0.5) is 0 Å². The van der Waals surface area contributed by atoms with Crippen molar-refractivity contribution < 1.29 is 0 Å². The summed E-state index contributed by atoms with van der Waals surface area (Å²) < 4.78 is 0. The average molecular weight is 421 g/mol. The number of rotatable bonds is 8. The lowest BCUT2D eigenvalue weighted by molar-refractivity contribution is 0.469. The molecule has 1 rings (SSSR count). The first kappa shape index (κ1) is 20.4. The van der Waals surface area contributed by atoms with Crippen LogP contribution in [-0.4, -0.2) is 37.5 Å². The highest BCUT2D eigenvalue weighted by Gasteiger charge is 2.08. The van der Waals surface area contributed by atoms with Crippen molar-refractivity contribution in [3.05, 3.63) is 35.0 Å². The second kappa shape index (κ2) is 12.0. The molecule has 0 saturated heterocycles. The second-order valence-corrected chi connectivity index (χ2v) is 5.78. The molecule has 0 aromatic carbocycles. The van der Waals surface area contributed by atoms with Gasteiger partial charge in [-0.3, -0.25) is 4.99 Å². The molecule has 0 aliphatic rings. The van der Waals surface area contributed by atoms with Crippen LogP contribution in [0.25, 0.3) is 0 Å². The first-order valence-corrected chi connectivity index (χ1v) is 8.25. The summed E-state index contributed by atoms with van der Waals surface area (Å²) in [6, 6.07) is 2.19. The molecule has 1 N–H and O–H groups in total. The van der Waals surface area contributed by atoms with Crippen LogP contribution in [0.15, 0.2) is 34.5 Å². The summed E-state index contributed by atoms with van der Waals surface area (Å²) >= 11 is 1.75. The van der Waals surface area contributed by atoms with Gasteiger partial charge in [-0.25, -0.2) is 0 Å². The van der Waals surface area contributed by atoms with E-state index < -0.39 is 0 Å². The van der Waals surface area contributed by atoms with Gasteiger partial charge in [-0.2, -0.15) is 11.3 Å². The fourth-order valence-electron chi connectivity index (χ4n) is 1.93. The van der Waals surface area contributed by atoms with E-state index in [0.717, 1.165) is 38.4 Å². The number of nitrogens with zero attached hydrogens (tertiary/aromatic N) is 2. The van der Waals surface area contributed by atoms with Gasteiger partial charge in [-0.05, 0) is 42.2 Å². The topological polar surface area (TPSA) is 27.6 Å². The second-order valence-electron chi connectivity index (χ2n) is 5.00. The lowest BCUT2D eigenvalue weighted by Gasteiger charge is -2.22. The molecule has 3 nitrogen and oxygen atoms in total. The molecular formula is C16H28IN3S. The highest BCUT2D eigenvalue weighted by Crippen LogP contribution is 2.18. The molecule has 0 aliphatic carbocycles. The van der Waals surface area contributed by atoms with E-state index >= 15 is 0 Å². The summed E-state index contributed by atoms with van der Waals surface area (Å²) in [4.78, 5) is 6.96. The zero-order valence-electron chi connectivity index (χ0n) is 13.3. The van der Waals surface area contributed by atoms with Gasteiger partial charge in [-0.15, -0.1) is 30.6 Å². The molecule has 1 unspecified atom stereocenters. The van der Waals surface area contributed by atoms with Gasteiger partial charge in [0.1, 0.15) is 0 Å². The van der Waals surface area contributed by atoms with Crippen molar-refractivity contribution >= 4 is 41.3 Å². The minimum absolute atomic E-state index is 0. The molecular weight excluding hydrogens is 393 g/mol. The van der Waals surface area contributed by atoms with E-state index in [0.29, 0.717) is 5.92 Å². The fraction of sp³-hybridized carbons (Fsp3) is 0.562. The van der Waals surface area contributed by atoms with Crippen LogP contribution >= 0.6 is 35.3 Å². The third-order valence-electron chi connectivity index (χ3n) is 3.23. The molecule has 0 spiro atoms. The van der Waals surface area contributed by atoms with Crippen LogP contribution in [0.5, 0.6) is 0 Å². The highest BCUT2D eigenvalue weighted by molar-refractivity contribution is 14.0. The number of unbranched alkanes of at least 4 members (excludes halogenated alkanes) is 1. The summed E-state index contributed by atoms with van der Waals surface area (Å²) in [5, 5.41) is 7.70.